The van der Waals surface area contributed by atoms with Crippen LogP contribution in [0.2, 0.25) is 0 Å². The molecule has 2 saturated carbocycles. The van der Waals surface area contributed by atoms with E-state index < -0.39 is 10.0 Å². The van der Waals surface area contributed by atoms with E-state index in [1.807, 2.05) is 16.4 Å². The predicted molar refractivity (Wildman–Crippen MR) is 102 cm³/mol. The molecule has 0 radical (unpaired) electrons. The molecule has 1 aromatic carbocycles. The van der Waals surface area contributed by atoms with Crippen molar-refractivity contribution >= 4 is 32.6 Å². The molecule has 0 amide bonds. The molecule has 0 saturated heterocycles. The number of sulfonamides is 1. The van der Waals surface area contributed by atoms with Crippen LogP contribution in [-0.4, -0.2) is 24.8 Å². The van der Waals surface area contributed by atoms with Gasteiger partial charge < -0.3 is 0 Å². The highest BCUT2D eigenvalue weighted by molar-refractivity contribution is 14.1. The van der Waals surface area contributed by atoms with Gasteiger partial charge in [-0.1, -0.05) is 38.5 Å². The van der Waals surface area contributed by atoms with E-state index in [1.54, 1.807) is 12.1 Å². The van der Waals surface area contributed by atoms with E-state index in [2.05, 4.69) is 22.6 Å². The molecule has 0 heterocycles. The number of hydrogen-bond acceptors (Lipinski definition) is 2. The summed E-state index contributed by atoms with van der Waals surface area (Å²) in [7, 11) is -3.39. The van der Waals surface area contributed by atoms with Gasteiger partial charge in [0.15, 0.2) is 0 Å². The molecule has 23 heavy (non-hydrogen) atoms. The van der Waals surface area contributed by atoms with Crippen LogP contribution in [0.5, 0.6) is 0 Å². The summed E-state index contributed by atoms with van der Waals surface area (Å²) >= 11 is 2.22. The van der Waals surface area contributed by atoms with Crippen molar-refractivity contribution in [3.8, 4) is 0 Å². The Morgan fingerprint density at radius 1 is 0.783 bits per heavy atom. The van der Waals surface area contributed by atoms with Crippen molar-refractivity contribution in [1.82, 2.24) is 4.31 Å². The molecule has 2 fully saturated rings. The van der Waals surface area contributed by atoms with Crippen molar-refractivity contribution in [2.75, 3.05) is 0 Å². The zero-order chi connectivity index (χ0) is 16.3. The largest absolute Gasteiger partial charge is 0.243 e. The quantitative estimate of drug-likeness (QED) is 0.613. The third kappa shape index (κ3) is 4.10. The average molecular weight is 447 g/mol. The van der Waals surface area contributed by atoms with Gasteiger partial charge in [0.05, 0.1) is 4.90 Å². The van der Waals surface area contributed by atoms with Crippen LogP contribution in [0.1, 0.15) is 64.2 Å². The lowest BCUT2D eigenvalue weighted by atomic mass is 9.91. The van der Waals surface area contributed by atoms with Crippen molar-refractivity contribution in [2.45, 2.75) is 81.2 Å². The molecule has 2 aliphatic rings. The lowest BCUT2D eigenvalue weighted by Gasteiger charge is -2.40. The summed E-state index contributed by atoms with van der Waals surface area (Å²) in [5.74, 6) is 0. The van der Waals surface area contributed by atoms with Crippen molar-refractivity contribution in [2.24, 2.45) is 0 Å². The molecule has 0 atom stereocenters. The van der Waals surface area contributed by atoms with Crippen LogP contribution in [0.25, 0.3) is 0 Å². The Morgan fingerprint density at radius 3 is 1.65 bits per heavy atom. The van der Waals surface area contributed by atoms with Gasteiger partial charge in [0.25, 0.3) is 0 Å². The SMILES string of the molecule is O=S(=O)(c1ccc(I)cc1)N(C1CCCCC1)C1CCCCC1. The number of hydrogen-bond donors (Lipinski definition) is 0. The van der Waals surface area contributed by atoms with Gasteiger partial charge in [0, 0.05) is 15.7 Å². The van der Waals surface area contributed by atoms with E-state index >= 15 is 0 Å². The molecule has 5 heteroatoms. The van der Waals surface area contributed by atoms with Crippen LogP contribution >= 0.6 is 22.6 Å². The van der Waals surface area contributed by atoms with Crippen LogP contribution in [-0.2, 0) is 10.0 Å². The molecule has 1 aromatic rings. The average Bonchev–Trinajstić information content (AvgIpc) is 2.57. The fourth-order valence-corrected chi connectivity index (χ4v) is 6.38. The first kappa shape index (κ1) is 17.7. The summed E-state index contributed by atoms with van der Waals surface area (Å²) in [5, 5.41) is 0. The molecule has 0 spiro atoms. The van der Waals surface area contributed by atoms with Crippen LogP contribution in [0.4, 0.5) is 0 Å². The summed E-state index contributed by atoms with van der Waals surface area (Å²) in [4.78, 5) is 0.467. The lowest BCUT2D eigenvalue weighted by molar-refractivity contribution is 0.169. The molecule has 128 valence electrons. The third-order valence-electron chi connectivity index (χ3n) is 5.26. The smallest absolute Gasteiger partial charge is 0.207 e. The summed E-state index contributed by atoms with van der Waals surface area (Å²) in [5.41, 5.74) is 0. The number of rotatable bonds is 4. The Morgan fingerprint density at radius 2 is 1.22 bits per heavy atom. The predicted octanol–water partition coefficient (Wildman–Crippen LogP) is 4.95. The molecule has 0 bridgehead atoms. The van der Waals surface area contributed by atoms with Crippen LogP contribution in [0, 0.1) is 3.57 Å². The molecule has 3 nitrogen and oxygen atoms in total. The standard InChI is InChI=1S/C18H26INO2S/c19-15-11-13-18(14-12-15)23(21,22)20(16-7-3-1-4-8-16)17-9-5-2-6-10-17/h11-14,16-17H,1-10H2. The zero-order valence-electron chi connectivity index (χ0n) is 13.6. The van der Waals surface area contributed by atoms with Gasteiger partial charge in [-0.25, -0.2) is 8.42 Å². The van der Waals surface area contributed by atoms with Crippen molar-refractivity contribution < 1.29 is 8.42 Å². The minimum absolute atomic E-state index is 0.205. The second kappa shape index (κ2) is 7.83. The Bertz CT molecular complexity index is 584. The molecule has 0 unspecified atom stereocenters. The van der Waals surface area contributed by atoms with Gasteiger partial charge >= 0.3 is 0 Å². The first-order valence-electron chi connectivity index (χ1n) is 8.88. The Kier molecular flexibility index (Phi) is 6.02. The topological polar surface area (TPSA) is 37.4 Å². The monoisotopic (exact) mass is 447 g/mol. The first-order chi connectivity index (χ1) is 11.1. The van der Waals surface area contributed by atoms with Crippen LogP contribution in [0.15, 0.2) is 29.2 Å². The van der Waals surface area contributed by atoms with E-state index in [4.69, 9.17) is 0 Å². The molecular formula is C18H26INO2S. The van der Waals surface area contributed by atoms with E-state index in [9.17, 15) is 8.42 Å². The van der Waals surface area contributed by atoms with Crippen molar-refractivity contribution in [1.29, 1.82) is 0 Å². The van der Waals surface area contributed by atoms with Crippen LogP contribution < -0.4 is 0 Å². The molecule has 0 aliphatic heterocycles. The summed E-state index contributed by atoms with van der Waals surface area (Å²) in [6, 6.07) is 7.75. The molecule has 0 aromatic heterocycles. The van der Waals surface area contributed by atoms with E-state index in [1.165, 1.54) is 12.8 Å². The highest BCUT2D eigenvalue weighted by Crippen LogP contribution is 2.34. The van der Waals surface area contributed by atoms with Gasteiger partial charge in [-0.15, -0.1) is 0 Å². The third-order valence-corrected chi connectivity index (χ3v) is 8.00. The highest BCUT2D eigenvalue weighted by Gasteiger charge is 2.38. The Labute approximate surface area is 154 Å². The van der Waals surface area contributed by atoms with E-state index in [0.717, 1.165) is 54.9 Å². The number of nitrogens with zero attached hydrogens (tertiary/aromatic N) is 1. The maximum atomic E-state index is 13.4. The summed E-state index contributed by atoms with van der Waals surface area (Å²) < 4.78 is 29.7. The minimum Gasteiger partial charge on any atom is -0.207 e. The second-order valence-corrected chi connectivity index (χ2v) is 9.96. The van der Waals surface area contributed by atoms with Gasteiger partial charge in [0.1, 0.15) is 0 Å². The minimum atomic E-state index is -3.39. The van der Waals surface area contributed by atoms with E-state index in [-0.39, 0.29) is 12.1 Å². The van der Waals surface area contributed by atoms with Gasteiger partial charge in [-0.05, 0) is 72.5 Å². The van der Waals surface area contributed by atoms with Gasteiger partial charge in [-0.3, -0.25) is 0 Å². The molecule has 0 N–H and O–H groups in total. The molecule has 3 rings (SSSR count). The van der Waals surface area contributed by atoms with Crippen LogP contribution in [0.3, 0.4) is 0 Å². The molecular weight excluding hydrogens is 421 g/mol. The summed E-state index contributed by atoms with van der Waals surface area (Å²) in [6.07, 6.45) is 11.3. The van der Waals surface area contributed by atoms with Crippen molar-refractivity contribution in [3.63, 3.8) is 0 Å². The normalized spacial score (nSPS) is 21.7. The maximum Gasteiger partial charge on any atom is 0.243 e. The highest BCUT2D eigenvalue weighted by atomic mass is 127. The Hall–Kier alpha value is -0.140. The van der Waals surface area contributed by atoms with E-state index in [0.29, 0.717) is 4.90 Å². The van der Waals surface area contributed by atoms with Gasteiger partial charge in [-0.2, -0.15) is 4.31 Å². The fraction of sp³-hybridized carbons (Fsp3) is 0.667. The first-order valence-corrected chi connectivity index (χ1v) is 11.4. The second-order valence-electron chi connectivity index (χ2n) is 6.87. The van der Waals surface area contributed by atoms with Crippen molar-refractivity contribution in [3.05, 3.63) is 27.8 Å². The van der Waals surface area contributed by atoms with Gasteiger partial charge in [0.2, 0.25) is 10.0 Å². The summed E-state index contributed by atoms with van der Waals surface area (Å²) in [6.45, 7) is 0. The molecule has 2 aliphatic carbocycles. The number of benzene rings is 1. The lowest BCUT2D eigenvalue weighted by Crippen LogP contribution is -2.48. The Balaban J connectivity index is 1.93. The number of halogens is 1. The maximum absolute atomic E-state index is 13.4. The fourth-order valence-electron chi connectivity index (χ4n) is 4.09. The zero-order valence-corrected chi connectivity index (χ0v) is 16.6.